The van der Waals surface area contributed by atoms with Crippen molar-refractivity contribution in [1.29, 1.82) is 0 Å². The fourth-order valence-electron chi connectivity index (χ4n) is 4.38. The molecular formula is C32H35N5. The summed E-state index contributed by atoms with van der Waals surface area (Å²) in [7, 11) is 6.17. The highest BCUT2D eigenvalue weighted by Gasteiger charge is 2.11. The van der Waals surface area contributed by atoms with Gasteiger partial charge in [0.15, 0.2) is 0 Å². The smallest absolute Gasteiger partial charge is 0.0482 e. The zero-order valence-electron chi connectivity index (χ0n) is 22.0. The van der Waals surface area contributed by atoms with Gasteiger partial charge in [0.05, 0.1) is 0 Å². The predicted octanol–water partition coefficient (Wildman–Crippen LogP) is 7.08. The van der Waals surface area contributed by atoms with Crippen LogP contribution in [0.1, 0.15) is 6.92 Å². The maximum Gasteiger partial charge on any atom is 0.0482 e. The van der Waals surface area contributed by atoms with E-state index in [0.29, 0.717) is 5.70 Å². The Morgan fingerprint density at radius 3 is 1.89 bits per heavy atom. The Labute approximate surface area is 220 Å². The zero-order chi connectivity index (χ0) is 26.5. The molecule has 3 aromatic carbocycles. The van der Waals surface area contributed by atoms with Crippen LogP contribution in [-0.2, 0) is 7.05 Å². The van der Waals surface area contributed by atoms with Crippen LogP contribution in [0.25, 0.3) is 22.5 Å². The van der Waals surface area contributed by atoms with Crippen LogP contribution in [0, 0.1) is 0 Å². The SMILES string of the molecule is C=C/C(=C\C(N)=C/C)N(C)c1ccc(-c2ccc(-c3ccc(N(C)c4cccc(N)c4)cc3)n2C)cc1. The molecule has 0 saturated heterocycles. The quantitative estimate of drug-likeness (QED) is 0.205. The van der Waals surface area contributed by atoms with Gasteiger partial charge in [-0.1, -0.05) is 43.0 Å². The predicted molar refractivity (Wildman–Crippen MR) is 160 cm³/mol. The van der Waals surface area contributed by atoms with Crippen molar-refractivity contribution in [3.63, 3.8) is 0 Å². The Kier molecular flexibility index (Phi) is 7.54. The van der Waals surface area contributed by atoms with Gasteiger partial charge in [0.2, 0.25) is 0 Å². The minimum Gasteiger partial charge on any atom is -0.399 e. The van der Waals surface area contributed by atoms with Gasteiger partial charge in [0, 0.05) is 66.7 Å². The van der Waals surface area contributed by atoms with Crippen LogP contribution in [0.5, 0.6) is 0 Å². The monoisotopic (exact) mass is 489 g/mol. The van der Waals surface area contributed by atoms with Crippen LogP contribution in [0.15, 0.2) is 121 Å². The van der Waals surface area contributed by atoms with Gasteiger partial charge in [-0.2, -0.15) is 0 Å². The van der Waals surface area contributed by atoms with Crippen molar-refractivity contribution in [1.82, 2.24) is 4.57 Å². The number of benzene rings is 3. The molecule has 0 saturated carbocycles. The minimum atomic E-state index is 0.708. The molecule has 0 radical (unpaired) electrons. The van der Waals surface area contributed by atoms with Crippen LogP contribution in [0.2, 0.25) is 0 Å². The first-order valence-corrected chi connectivity index (χ1v) is 12.3. The Balaban J connectivity index is 1.55. The van der Waals surface area contributed by atoms with Crippen LogP contribution in [0.4, 0.5) is 22.7 Å². The van der Waals surface area contributed by atoms with E-state index < -0.39 is 0 Å². The molecule has 0 spiro atoms. The first-order valence-electron chi connectivity index (χ1n) is 12.3. The summed E-state index contributed by atoms with van der Waals surface area (Å²) in [5, 5.41) is 0. The number of hydrogen-bond acceptors (Lipinski definition) is 4. The number of nitrogen functional groups attached to an aromatic ring is 1. The van der Waals surface area contributed by atoms with Gasteiger partial charge < -0.3 is 25.8 Å². The first-order chi connectivity index (χ1) is 17.8. The molecule has 1 aromatic heterocycles. The molecule has 0 atom stereocenters. The summed E-state index contributed by atoms with van der Waals surface area (Å²) < 4.78 is 2.23. The normalized spacial score (nSPS) is 11.9. The average molecular weight is 490 g/mol. The van der Waals surface area contributed by atoms with E-state index in [0.717, 1.165) is 51.0 Å². The molecule has 5 nitrogen and oxygen atoms in total. The number of likely N-dealkylation sites (N-methyl/N-ethyl adjacent to an activating group) is 1. The number of rotatable bonds is 8. The number of aromatic nitrogens is 1. The van der Waals surface area contributed by atoms with Crippen molar-refractivity contribution < 1.29 is 0 Å². The molecular weight excluding hydrogens is 454 g/mol. The van der Waals surface area contributed by atoms with E-state index in [1.165, 1.54) is 0 Å². The van der Waals surface area contributed by atoms with Crippen molar-refractivity contribution in [2.45, 2.75) is 6.92 Å². The van der Waals surface area contributed by atoms with Crippen LogP contribution in [0.3, 0.4) is 0 Å². The van der Waals surface area contributed by atoms with Crippen LogP contribution >= 0.6 is 0 Å². The number of nitrogens with two attached hydrogens (primary N) is 2. The summed E-state index contributed by atoms with van der Waals surface area (Å²) in [5.74, 6) is 0. The highest BCUT2D eigenvalue weighted by Crippen LogP contribution is 2.32. The maximum absolute atomic E-state index is 5.99. The van der Waals surface area contributed by atoms with Crippen LogP contribution < -0.4 is 21.3 Å². The molecule has 1 heterocycles. The highest BCUT2D eigenvalue weighted by atomic mass is 15.1. The van der Waals surface area contributed by atoms with Crippen molar-refractivity contribution in [2.24, 2.45) is 12.8 Å². The molecule has 4 N–H and O–H groups in total. The summed E-state index contributed by atoms with van der Waals surface area (Å²) in [6, 6.07) is 29.4. The Bertz CT molecular complexity index is 1440. The van der Waals surface area contributed by atoms with E-state index in [2.05, 4.69) is 102 Å². The van der Waals surface area contributed by atoms with Gasteiger partial charge in [-0.15, -0.1) is 0 Å². The van der Waals surface area contributed by atoms with Gasteiger partial charge in [-0.3, -0.25) is 0 Å². The molecule has 188 valence electrons. The molecule has 0 bridgehead atoms. The lowest BCUT2D eigenvalue weighted by molar-refractivity contribution is 0.946. The molecule has 0 unspecified atom stereocenters. The Morgan fingerprint density at radius 2 is 1.38 bits per heavy atom. The third-order valence-electron chi connectivity index (χ3n) is 6.72. The lowest BCUT2D eigenvalue weighted by Crippen LogP contribution is -2.15. The second-order valence-corrected chi connectivity index (χ2v) is 9.03. The van der Waals surface area contributed by atoms with Gasteiger partial charge in [0.1, 0.15) is 0 Å². The summed E-state index contributed by atoms with van der Waals surface area (Å²) in [4.78, 5) is 4.21. The number of hydrogen-bond donors (Lipinski definition) is 2. The zero-order valence-corrected chi connectivity index (χ0v) is 22.0. The second kappa shape index (κ2) is 11.0. The van der Waals surface area contributed by atoms with E-state index in [-0.39, 0.29) is 0 Å². The number of anilines is 4. The summed E-state index contributed by atoms with van der Waals surface area (Å²) in [6.07, 6.45) is 5.60. The summed E-state index contributed by atoms with van der Waals surface area (Å²) in [5.41, 5.74) is 22.2. The molecule has 5 heteroatoms. The largest absolute Gasteiger partial charge is 0.399 e. The Hall–Kier alpha value is -4.64. The van der Waals surface area contributed by atoms with Crippen molar-refractivity contribution in [3.05, 3.63) is 121 Å². The number of allylic oxidation sites excluding steroid dienone is 3. The van der Waals surface area contributed by atoms with Crippen molar-refractivity contribution >= 4 is 22.7 Å². The van der Waals surface area contributed by atoms with Gasteiger partial charge in [0.25, 0.3) is 0 Å². The minimum absolute atomic E-state index is 0.708. The van der Waals surface area contributed by atoms with Crippen molar-refractivity contribution in [3.8, 4) is 22.5 Å². The molecule has 0 aliphatic rings. The fourth-order valence-corrected chi connectivity index (χ4v) is 4.38. The molecule has 0 fully saturated rings. The third-order valence-corrected chi connectivity index (χ3v) is 6.72. The van der Waals surface area contributed by atoms with Gasteiger partial charge in [-0.25, -0.2) is 0 Å². The standard InChI is InChI=1S/C32H35N5/c1-6-25(33)21-27(7-2)35(3)28-15-11-23(12-16-28)31-19-20-32(37(31)5)24-13-17-29(18-14-24)36(4)30-10-8-9-26(34)22-30/h6-22H,2,33-34H2,1,3-5H3/b25-6+,27-21+. The van der Waals surface area contributed by atoms with E-state index in [9.17, 15) is 0 Å². The van der Waals surface area contributed by atoms with Crippen molar-refractivity contribution in [2.75, 3.05) is 29.6 Å². The lowest BCUT2D eigenvalue weighted by atomic mass is 10.1. The fraction of sp³-hybridized carbons (Fsp3) is 0.125. The average Bonchev–Trinajstić information content (AvgIpc) is 3.32. The lowest BCUT2D eigenvalue weighted by Gasteiger charge is -2.21. The Morgan fingerprint density at radius 1 is 0.811 bits per heavy atom. The molecule has 0 aliphatic heterocycles. The molecule has 4 rings (SSSR count). The van der Waals surface area contributed by atoms with E-state index in [1.54, 1.807) is 0 Å². The molecule has 0 amide bonds. The molecule has 37 heavy (non-hydrogen) atoms. The van der Waals surface area contributed by atoms with Gasteiger partial charge >= 0.3 is 0 Å². The topological polar surface area (TPSA) is 63.4 Å². The third kappa shape index (κ3) is 5.46. The summed E-state index contributed by atoms with van der Waals surface area (Å²) >= 11 is 0. The highest BCUT2D eigenvalue weighted by molar-refractivity contribution is 5.73. The van der Waals surface area contributed by atoms with E-state index >= 15 is 0 Å². The molecule has 4 aromatic rings. The van der Waals surface area contributed by atoms with Crippen LogP contribution in [-0.4, -0.2) is 18.7 Å². The van der Waals surface area contributed by atoms with E-state index in [1.807, 2.05) is 50.4 Å². The number of nitrogens with zero attached hydrogens (tertiary/aromatic N) is 3. The maximum atomic E-state index is 5.99. The second-order valence-electron chi connectivity index (χ2n) is 9.03. The van der Waals surface area contributed by atoms with E-state index in [4.69, 9.17) is 11.5 Å². The van der Waals surface area contributed by atoms with Gasteiger partial charge in [-0.05, 0) is 84.8 Å². The molecule has 0 aliphatic carbocycles. The first kappa shape index (κ1) is 25.5. The summed E-state index contributed by atoms with van der Waals surface area (Å²) in [6.45, 7) is 5.85.